The number of hydrogen-bond donors (Lipinski definition) is 1. The number of carbonyl (C=O) groups is 2. The average Bonchev–Trinajstić information content (AvgIpc) is 3.37. The Balaban J connectivity index is 1.53. The van der Waals surface area contributed by atoms with E-state index in [-0.39, 0.29) is 18.4 Å². The van der Waals surface area contributed by atoms with Crippen LogP contribution in [0.3, 0.4) is 0 Å². The second kappa shape index (κ2) is 9.38. The highest BCUT2D eigenvalue weighted by Crippen LogP contribution is 2.37. The molecule has 1 aliphatic rings. The highest BCUT2D eigenvalue weighted by atomic mass is 79.9. The number of aromatic nitrogens is 2. The molecule has 1 amide bonds. The number of hydrogen-bond acceptors (Lipinski definition) is 6. The molecule has 0 saturated heterocycles. The van der Waals surface area contributed by atoms with E-state index in [1.54, 1.807) is 45.0 Å². The molecule has 1 atom stereocenters. The molecule has 10 heteroatoms. The molecular formula is C24H23BrClN3O5. The van der Waals surface area contributed by atoms with Gasteiger partial charge in [-0.1, -0.05) is 16.8 Å². The Morgan fingerprint density at radius 1 is 1.24 bits per heavy atom. The number of ether oxygens (including phenoxy) is 1. The third-order valence-corrected chi connectivity index (χ3v) is 6.55. The quantitative estimate of drug-likeness (QED) is 0.370. The number of carbonyl (C=O) groups excluding carboxylic acids is 1. The topological polar surface area (TPSA) is 106 Å². The SMILES string of the molecule is CC(C)(C)OC(=O)CCC1Cc2cc(-c3noc(-c4ccc(Br)c(Cl)c4)n3)ccc2N1C(=O)O. The van der Waals surface area contributed by atoms with E-state index in [0.717, 1.165) is 10.0 Å². The minimum Gasteiger partial charge on any atom is -0.465 e. The lowest BCUT2D eigenvalue weighted by Gasteiger charge is -2.23. The molecule has 2 aromatic carbocycles. The third-order valence-electron chi connectivity index (χ3n) is 5.32. The zero-order valence-electron chi connectivity index (χ0n) is 18.8. The van der Waals surface area contributed by atoms with E-state index >= 15 is 0 Å². The van der Waals surface area contributed by atoms with E-state index in [0.29, 0.717) is 46.4 Å². The highest BCUT2D eigenvalue weighted by Gasteiger charge is 2.34. The second-order valence-corrected chi connectivity index (χ2v) is 10.3. The summed E-state index contributed by atoms with van der Waals surface area (Å²) < 4.78 is 11.5. The van der Waals surface area contributed by atoms with Crippen molar-refractivity contribution in [2.24, 2.45) is 0 Å². The van der Waals surface area contributed by atoms with Crippen LogP contribution >= 0.6 is 27.5 Å². The first-order valence-corrected chi connectivity index (χ1v) is 11.9. The fourth-order valence-electron chi connectivity index (χ4n) is 3.92. The molecule has 8 nitrogen and oxygen atoms in total. The van der Waals surface area contributed by atoms with Crippen molar-refractivity contribution in [2.45, 2.75) is 51.7 Å². The molecule has 3 aromatic rings. The lowest BCUT2D eigenvalue weighted by atomic mass is 10.0. The van der Waals surface area contributed by atoms with Crippen LogP contribution in [0, 0.1) is 0 Å². The summed E-state index contributed by atoms with van der Waals surface area (Å²) in [7, 11) is 0. The van der Waals surface area contributed by atoms with Crippen molar-refractivity contribution in [3.05, 3.63) is 51.5 Å². The maximum atomic E-state index is 12.1. The van der Waals surface area contributed by atoms with E-state index in [2.05, 4.69) is 26.1 Å². The van der Waals surface area contributed by atoms with Crippen LogP contribution < -0.4 is 4.90 Å². The fourth-order valence-corrected chi connectivity index (χ4v) is 4.35. The number of rotatable bonds is 5. The van der Waals surface area contributed by atoms with Crippen LogP contribution in [0.5, 0.6) is 0 Å². The van der Waals surface area contributed by atoms with Crippen molar-refractivity contribution in [3.63, 3.8) is 0 Å². The van der Waals surface area contributed by atoms with Gasteiger partial charge in [0.2, 0.25) is 5.82 Å². The van der Waals surface area contributed by atoms with Crippen molar-refractivity contribution in [3.8, 4) is 22.8 Å². The summed E-state index contributed by atoms with van der Waals surface area (Å²) in [5, 5.41) is 14.4. The molecule has 0 fully saturated rings. The van der Waals surface area contributed by atoms with Gasteiger partial charge < -0.3 is 14.4 Å². The van der Waals surface area contributed by atoms with E-state index in [9.17, 15) is 14.7 Å². The standard InChI is InChI=1S/C24H23BrClN3O5/c1-24(2,3)33-20(30)9-6-16-11-15-10-13(5-8-19(15)29(16)23(31)32)21-27-22(34-28-21)14-4-7-17(25)18(26)12-14/h4-5,7-8,10,12,16H,6,9,11H2,1-3H3,(H,31,32). The number of halogens is 2. The van der Waals surface area contributed by atoms with Gasteiger partial charge in [-0.3, -0.25) is 9.69 Å². The van der Waals surface area contributed by atoms with Gasteiger partial charge in [0.15, 0.2) is 0 Å². The van der Waals surface area contributed by atoms with E-state index in [1.807, 2.05) is 12.1 Å². The zero-order valence-corrected chi connectivity index (χ0v) is 21.2. The Kier molecular flexibility index (Phi) is 6.69. The number of nitrogens with zero attached hydrogens (tertiary/aromatic N) is 3. The molecule has 1 N–H and O–H groups in total. The fraction of sp³-hybridized carbons (Fsp3) is 0.333. The van der Waals surface area contributed by atoms with Crippen LogP contribution in [-0.2, 0) is 16.0 Å². The maximum Gasteiger partial charge on any atom is 0.412 e. The van der Waals surface area contributed by atoms with Crippen molar-refractivity contribution < 1.29 is 24.0 Å². The molecule has 0 aliphatic carbocycles. The number of esters is 1. The monoisotopic (exact) mass is 547 g/mol. The third kappa shape index (κ3) is 5.26. The zero-order chi connectivity index (χ0) is 24.6. The van der Waals surface area contributed by atoms with Gasteiger partial charge in [-0.25, -0.2) is 4.79 Å². The number of amides is 1. The van der Waals surface area contributed by atoms with E-state index in [1.165, 1.54) is 4.90 Å². The number of anilines is 1. The predicted molar refractivity (Wildman–Crippen MR) is 131 cm³/mol. The van der Waals surface area contributed by atoms with Gasteiger partial charge >= 0.3 is 12.1 Å². The summed E-state index contributed by atoms with van der Waals surface area (Å²) in [5.41, 5.74) is 2.24. The van der Waals surface area contributed by atoms with E-state index in [4.69, 9.17) is 20.9 Å². The Hall–Kier alpha value is -2.91. The molecule has 1 aromatic heterocycles. The Labute approximate surface area is 210 Å². The lowest BCUT2D eigenvalue weighted by Crippen LogP contribution is -2.37. The minimum atomic E-state index is -1.06. The maximum absolute atomic E-state index is 12.1. The average molecular weight is 549 g/mol. The van der Waals surface area contributed by atoms with Gasteiger partial charge in [0.25, 0.3) is 5.89 Å². The molecule has 0 spiro atoms. The van der Waals surface area contributed by atoms with Crippen LogP contribution in [0.15, 0.2) is 45.4 Å². The lowest BCUT2D eigenvalue weighted by molar-refractivity contribution is -0.155. The Bertz CT molecular complexity index is 1250. The summed E-state index contributed by atoms with van der Waals surface area (Å²) in [6.45, 7) is 5.41. The predicted octanol–water partition coefficient (Wildman–Crippen LogP) is 6.35. The van der Waals surface area contributed by atoms with Crippen molar-refractivity contribution in [1.29, 1.82) is 0 Å². The molecule has 0 bridgehead atoms. The second-order valence-electron chi connectivity index (χ2n) is 9.03. The van der Waals surface area contributed by atoms with Gasteiger partial charge in [-0.15, -0.1) is 0 Å². The Morgan fingerprint density at radius 2 is 1.97 bits per heavy atom. The molecule has 178 valence electrons. The van der Waals surface area contributed by atoms with Gasteiger partial charge in [-0.05, 0) is 91.5 Å². The highest BCUT2D eigenvalue weighted by molar-refractivity contribution is 9.10. The first-order chi connectivity index (χ1) is 16.0. The normalized spacial score (nSPS) is 15.3. The first kappa shape index (κ1) is 24.2. The molecule has 4 rings (SSSR count). The van der Waals surface area contributed by atoms with Crippen molar-refractivity contribution in [2.75, 3.05) is 4.90 Å². The molecular weight excluding hydrogens is 526 g/mol. The molecule has 0 radical (unpaired) electrons. The first-order valence-electron chi connectivity index (χ1n) is 10.7. The smallest absolute Gasteiger partial charge is 0.412 e. The summed E-state index contributed by atoms with van der Waals surface area (Å²) in [6.07, 6.45) is -0.0846. The molecule has 34 heavy (non-hydrogen) atoms. The van der Waals surface area contributed by atoms with Gasteiger partial charge in [0.05, 0.1) is 10.7 Å². The summed E-state index contributed by atoms with van der Waals surface area (Å²) in [4.78, 5) is 29.9. The van der Waals surface area contributed by atoms with Crippen LogP contribution in [-0.4, -0.2) is 39.0 Å². The van der Waals surface area contributed by atoms with Crippen LogP contribution in [0.25, 0.3) is 22.8 Å². The van der Waals surface area contributed by atoms with Gasteiger partial charge in [0, 0.05) is 28.1 Å². The van der Waals surface area contributed by atoms with Gasteiger partial charge in [-0.2, -0.15) is 4.98 Å². The van der Waals surface area contributed by atoms with Crippen LogP contribution in [0.1, 0.15) is 39.2 Å². The van der Waals surface area contributed by atoms with Crippen LogP contribution in [0.2, 0.25) is 5.02 Å². The molecule has 0 saturated carbocycles. The van der Waals surface area contributed by atoms with Crippen LogP contribution in [0.4, 0.5) is 10.5 Å². The van der Waals surface area contributed by atoms with Gasteiger partial charge in [0.1, 0.15) is 5.60 Å². The molecule has 1 aliphatic heterocycles. The number of fused-ring (bicyclic) bond motifs is 1. The molecule has 2 heterocycles. The summed E-state index contributed by atoms with van der Waals surface area (Å²) in [6, 6.07) is 10.3. The van der Waals surface area contributed by atoms with E-state index < -0.39 is 11.7 Å². The van der Waals surface area contributed by atoms with Crippen molar-refractivity contribution in [1.82, 2.24) is 10.1 Å². The summed E-state index contributed by atoms with van der Waals surface area (Å²) in [5.74, 6) is 0.366. The minimum absolute atomic E-state index is 0.135. The van der Waals surface area contributed by atoms with Crippen molar-refractivity contribution >= 4 is 45.3 Å². The Morgan fingerprint density at radius 3 is 2.65 bits per heavy atom. The summed E-state index contributed by atoms with van der Waals surface area (Å²) >= 11 is 9.52. The number of benzene rings is 2. The molecule has 1 unspecified atom stereocenters. The largest absolute Gasteiger partial charge is 0.465 e. The number of carboxylic acid groups (broad SMARTS) is 1.